The number of carbonyl (C=O) groups is 2. The number of para-hydroxylation sites is 1. The number of aryl methyl sites for hydroxylation is 1. The fourth-order valence-corrected chi connectivity index (χ4v) is 2.46. The number of fused-ring (bicyclic) bond motifs is 1. The Labute approximate surface area is 116 Å². The first-order valence-corrected chi connectivity index (χ1v) is 6.60. The lowest BCUT2D eigenvalue weighted by atomic mass is 9.85. The van der Waals surface area contributed by atoms with Gasteiger partial charge in [-0.15, -0.1) is 0 Å². The zero-order valence-corrected chi connectivity index (χ0v) is 10.9. The quantitative estimate of drug-likeness (QED) is 0.849. The number of anilines is 1. The molecule has 1 amide bonds. The number of Topliss-reactive ketones (excluding diaryl/α,β-unsaturated/α-hetero) is 1. The second kappa shape index (κ2) is 5.25. The standard InChI is InChI=1S/C16H14N2O2/c19-15-12-7-4-10-17-14(12)9-8-13(15)16(20)18-11-5-2-1-3-6-11/h1-7,10,13H,8-9H2,(H,18,20). The predicted octanol–water partition coefficient (Wildman–Crippen LogP) is 2.47. The van der Waals surface area contributed by atoms with E-state index < -0.39 is 5.92 Å². The molecule has 4 nitrogen and oxygen atoms in total. The van der Waals surface area contributed by atoms with Gasteiger partial charge in [0.25, 0.3) is 0 Å². The van der Waals surface area contributed by atoms with Gasteiger partial charge in [0.1, 0.15) is 5.92 Å². The van der Waals surface area contributed by atoms with Gasteiger partial charge < -0.3 is 5.32 Å². The Kier molecular flexibility index (Phi) is 3.29. The lowest BCUT2D eigenvalue weighted by Crippen LogP contribution is -2.34. The summed E-state index contributed by atoms with van der Waals surface area (Å²) in [6, 6.07) is 12.7. The van der Waals surface area contributed by atoms with E-state index in [9.17, 15) is 9.59 Å². The molecule has 1 aromatic carbocycles. The van der Waals surface area contributed by atoms with Gasteiger partial charge in [0.05, 0.1) is 5.69 Å². The van der Waals surface area contributed by atoms with Crippen LogP contribution in [0.1, 0.15) is 22.5 Å². The summed E-state index contributed by atoms with van der Waals surface area (Å²) in [6.07, 6.45) is 2.85. The molecular weight excluding hydrogens is 252 g/mol. The van der Waals surface area contributed by atoms with Crippen molar-refractivity contribution in [1.29, 1.82) is 0 Å². The third kappa shape index (κ3) is 2.32. The van der Waals surface area contributed by atoms with E-state index in [-0.39, 0.29) is 11.7 Å². The molecular formula is C16H14N2O2. The number of hydrogen-bond donors (Lipinski definition) is 1. The third-order valence-electron chi connectivity index (χ3n) is 3.50. The number of ketones is 1. The first kappa shape index (κ1) is 12.5. The Morgan fingerprint density at radius 1 is 1.15 bits per heavy atom. The summed E-state index contributed by atoms with van der Waals surface area (Å²) in [4.78, 5) is 28.8. The zero-order valence-electron chi connectivity index (χ0n) is 10.9. The maximum Gasteiger partial charge on any atom is 0.235 e. The van der Waals surface area contributed by atoms with Gasteiger partial charge in [-0.3, -0.25) is 14.6 Å². The molecule has 0 saturated carbocycles. The van der Waals surface area contributed by atoms with E-state index >= 15 is 0 Å². The van der Waals surface area contributed by atoms with E-state index in [1.165, 1.54) is 0 Å². The Balaban J connectivity index is 1.79. The van der Waals surface area contributed by atoms with E-state index in [1.807, 2.05) is 18.2 Å². The minimum absolute atomic E-state index is 0.132. The summed E-state index contributed by atoms with van der Waals surface area (Å²) < 4.78 is 0. The number of benzene rings is 1. The second-order valence-corrected chi connectivity index (χ2v) is 4.81. The molecule has 0 aliphatic heterocycles. The summed E-state index contributed by atoms with van der Waals surface area (Å²) in [5.41, 5.74) is 2.08. The monoisotopic (exact) mass is 266 g/mol. The van der Waals surface area contributed by atoms with Crippen molar-refractivity contribution in [3.63, 3.8) is 0 Å². The topological polar surface area (TPSA) is 59.1 Å². The molecule has 1 aromatic heterocycles. The van der Waals surface area contributed by atoms with Crippen molar-refractivity contribution >= 4 is 17.4 Å². The largest absolute Gasteiger partial charge is 0.325 e. The molecule has 20 heavy (non-hydrogen) atoms. The molecule has 0 spiro atoms. The molecule has 1 aliphatic rings. The highest BCUT2D eigenvalue weighted by Crippen LogP contribution is 2.25. The SMILES string of the molecule is O=C(Nc1ccccc1)C1CCc2ncccc2C1=O. The average Bonchev–Trinajstić information content (AvgIpc) is 2.49. The van der Waals surface area contributed by atoms with Gasteiger partial charge in [-0.25, -0.2) is 0 Å². The van der Waals surface area contributed by atoms with Crippen LogP contribution in [0.25, 0.3) is 0 Å². The lowest BCUT2D eigenvalue weighted by Gasteiger charge is -2.21. The molecule has 0 saturated heterocycles. The lowest BCUT2D eigenvalue weighted by molar-refractivity contribution is -0.118. The van der Waals surface area contributed by atoms with Crippen LogP contribution in [0, 0.1) is 5.92 Å². The second-order valence-electron chi connectivity index (χ2n) is 4.81. The average molecular weight is 266 g/mol. The number of hydrogen-bond acceptors (Lipinski definition) is 3. The van der Waals surface area contributed by atoms with Crippen molar-refractivity contribution in [2.75, 3.05) is 5.32 Å². The molecule has 1 heterocycles. The molecule has 1 N–H and O–H groups in total. The van der Waals surface area contributed by atoms with Crippen LogP contribution in [0.2, 0.25) is 0 Å². The van der Waals surface area contributed by atoms with E-state index in [4.69, 9.17) is 0 Å². The normalized spacial score (nSPS) is 17.4. The predicted molar refractivity (Wildman–Crippen MR) is 75.5 cm³/mol. The van der Waals surface area contributed by atoms with Crippen LogP contribution in [0.3, 0.4) is 0 Å². The highest BCUT2D eigenvalue weighted by atomic mass is 16.2. The van der Waals surface area contributed by atoms with Crippen LogP contribution in [-0.2, 0) is 11.2 Å². The first-order valence-electron chi connectivity index (χ1n) is 6.60. The molecule has 1 unspecified atom stereocenters. The molecule has 1 aliphatic carbocycles. The molecule has 0 bridgehead atoms. The van der Waals surface area contributed by atoms with E-state index in [0.29, 0.717) is 24.1 Å². The van der Waals surface area contributed by atoms with Crippen LogP contribution in [0.4, 0.5) is 5.69 Å². The van der Waals surface area contributed by atoms with Gasteiger partial charge in [-0.1, -0.05) is 18.2 Å². The van der Waals surface area contributed by atoms with Crippen molar-refractivity contribution in [1.82, 2.24) is 4.98 Å². The molecule has 1 atom stereocenters. The van der Waals surface area contributed by atoms with Gasteiger partial charge in [0, 0.05) is 17.4 Å². The highest BCUT2D eigenvalue weighted by molar-refractivity contribution is 6.14. The van der Waals surface area contributed by atoms with Gasteiger partial charge >= 0.3 is 0 Å². The Hall–Kier alpha value is -2.49. The minimum atomic E-state index is -0.619. The van der Waals surface area contributed by atoms with Crippen LogP contribution in [0.15, 0.2) is 48.7 Å². The van der Waals surface area contributed by atoms with Crippen LogP contribution < -0.4 is 5.32 Å². The van der Waals surface area contributed by atoms with E-state index in [1.54, 1.807) is 30.5 Å². The number of nitrogens with zero attached hydrogens (tertiary/aromatic N) is 1. The number of carbonyl (C=O) groups excluding carboxylic acids is 2. The number of pyridine rings is 1. The summed E-state index contributed by atoms with van der Waals surface area (Å²) >= 11 is 0. The maximum absolute atomic E-state index is 12.3. The molecule has 100 valence electrons. The van der Waals surface area contributed by atoms with Crippen molar-refractivity contribution in [3.8, 4) is 0 Å². The maximum atomic E-state index is 12.3. The summed E-state index contributed by atoms with van der Waals surface area (Å²) in [5, 5.41) is 2.79. The smallest absolute Gasteiger partial charge is 0.235 e. The van der Waals surface area contributed by atoms with Crippen molar-refractivity contribution < 1.29 is 9.59 Å². The molecule has 0 fully saturated rings. The molecule has 3 rings (SSSR count). The van der Waals surface area contributed by atoms with Crippen molar-refractivity contribution in [3.05, 3.63) is 59.9 Å². The van der Waals surface area contributed by atoms with Gasteiger partial charge in [-0.05, 0) is 37.1 Å². The van der Waals surface area contributed by atoms with Crippen molar-refractivity contribution in [2.45, 2.75) is 12.8 Å². The Morgan fingerprint density at radius 3 is 2.75 bits per heavy atom. The van der Waals surface area contributed by atoms with Crippen molar-refractivity contribution in [2.24, 2.45) is 5.92 Å². The summed E-state index contributed by atoms with van der Waals surface area (Å²) in [7, 11) is 0. The Morgan fingerprint density at radius 2 is 1.95 bits per heavy atom. The summed E-state index contributed by atoms with van der Waals surface area (Å²) in [5.74, 6) is -0.990. The highest BCUT2D eigenvalue weighted by Gasteiger charge is 2.33. The van der Waals surface area contributed by atoms with Gasteiger partial charge in [0.15, 0.2) is 5.78 Å². The van der Waals surface area contributed by atoms with Crippen LogP contribution in [-0.4, -0.2) is 16.7 Å². The third-order valence-corrected chi connectivity index (χ3v) is 3.50. The molecule has 0 radical (unpaired) electrons. The molecule has 4 heteroatoms. The number of rotatable bonds is 2. The fraction of sp³-hybridized carbons (Fsp3) is 0.188. The van der Waals surface area contributed by atoms with Crippen LogP contribution >= 0.6 is 0 Å². The Bertz CT molecular complexity index is 653. The van der Waals surface area contributed by atoms with Gasteiger partial charge in [-0.2, -0.15) is 0 Å². The fourth-order valence-electron chi connectivity index (χ4n) is 2.46. The minimum Gasteiger partial charge on any atom is -0.325 e. The van der Waals surface area contributed by atoms with E-state index in [2.05, 4.69) is 10.3 Å². The number of amides is 1. The van der Waals surface area contributed by atoms with Gasteiger partial charge in [0.2, 0.25) is 5.91 Å². The van der Waals surface area contributed by atoms with Crippen LogP contribution in [0.5, 0.6) is 0 Å². The van der Waals surface area contributed by atoms with E-state index in [0.717, 1.165) is 5.69 Å². The summed E-state index contributed by atoms with van der Waals surface area (Å²) in [6.45, 7) is 0. The first-order chi connectivity index (χ1) is 9.75. The zero-order chi connectivity index (χ0) is 13.9. The number of nitrogens with one attached hydrogen (secondary N) is 1. The molecule has 2 aromatic rings. The number of aromatic nitrogens is 1.